The molecule has 4 heteroatoms. The van der Waals surface area contributed by atoms with Gasteiger partial charge >= 0.3 is 0 Å². The van der Waals surface area contributed by atoms with Crippen molar-refractivity contribution in [3.8, 4) is 0 Å². The Hall–Kier alpha value is -0.770. The molecule has 3 unspecified atom stereocenters. The average Bonchev–Trinajstić information content (AvgIpc) is 2.84. The number of hydrogen-bond donors (Lipinski definition) is 1. The molecule has 1 heterocycles. The van der Waals surface area contributed by atoms with E-state index in [2.05, 4.69) is 16.3 Å². The molecule has 3 atom stereocenters. The molecule has 0 amide bonds. The second kappa shape index (κ2) is 4.37. The highest BCUT2D eigenvalue weighted by molar-refractivity contribution is 7.10. The lowest BCUT2D eigenvalue weighted by atomic mass is 9.88. The van der Waals surface area contributed by atoms with Crippen LogP contribution in [0.4, 0.5) is 10.8 Å². The van der Waals surface area contributed by atoms with Crippen molar-refractivity contribution in [3.63, 3.8) is 0 Å². The fourth-order valence-corrected chi connectivity index (χ4v) is 5.23. The van der Waals surface area contributed by atoms with E-state index in [0.717, 1.165) is 23.6 Å². The predicted molar refractivity (Wildman–Crippen MR) is 80.7 cm³/mol. The third-order valence-corrected chi connectivity index (χ3v) is 6.45. The molecular formula is C15H23N3S. The van der Waals surface area contributed by atoms with Gasteiger partial charge < -0.3 is 10.6 Å². The number of nitrogens with two attached hydrogens (primary N) is 1. The number of hydrogen-bond acceptors (Lipinski definition) is 4. The fraction of sp³-hybridized carbons (Fsp3) is 0.800. The lowest BCUT2D eigenvalue weighted by Crippen LogP contribution is -2.28. The first kappa shape index (κ1) is 12.0. The van der Waals surface area contributed by atoms with Gasteiger partial charge in [0.1, 0.15) is 10.8 Å². The van der Waals surface area contributed by atoms with Crippen molar-refractivity contribution in [2.75, 3.05) is 24.2 Å². The van der Waals surface area contributed by atoms with Gasteiger partial charge in [-0.25, -0.2) is 0 Å². The molecule has 2 N–H and O–H groups in total. The monoisotopic (exact) mass is 277 g/mol. The van der Waals surface area contributed by atoms with E-state index < -0.39 is 0 Å². The van der Waals surface area contributed by atoms with Gasteiger partial charge in [-0.05, 0) is 67.3 Å². The number of aromatic nitrogens is 1. The fourth-order valence-electron chi connectivity index (χ4n) is 4.37. The van der Waals surface area contributed by atoms with Gasteiger partial charge in [0.05, 0.1) is 0 Å². The van der Waals surface area contributed by atoms with E-state index in [-0.39, 0.29) is 0 Å². The van der Waals surface area contributed by atoms with Gasteiger partial charge in [0.15, 0.2) is 0 Å². The highest BCUT2D eigenvalue weighted by atomic mass is 32.1. The Kier molecular flexibility index (Phi) is 2.76. The van der Waals surface area contributed by atoms with Crippen molar-refractivity contribution < 1.29 is 0 Å². The Balaban J connectivity index is 1.49. The van der Waals surface area contributed by atoms with E-state index >= 15 is 0 Å². The van der Waals surface area contributed by atoms with Gasteiger partial charge in [-0.1, -0.05) is 6.42 Å². The van der Waals surface area contributed by atoms with Crippen LogP contribution in [-0.4, -0.2) is 18.0 Å². The molecule has 2 bridgehead atoms. The molecule has 0 saturated heterocycles. The van der Waals surface area contributed by atoms with Crippen LogP contribution in [0.2, 0.25) is 0 Å². The molecule has 3 aliphatic rings. The van der Waals surface area contributed by atoms with Gasteiger partial charge in [0, 0.05) is 19.2 Å². The Morgan fingerprint density at radius 3 is 2.74 bits per heavy atom. The zero-order valence-corrected chi connectivity index (χ0v) is 12.5. The summed E-state index contributed by atoms with van der Waals surface area (Å²) in [4.78, 5) is 2.45. The quantitative estimate of drug-likeness (QED) is 0.916. The zero-order chi connectivity index (χ0) is 13.0. The van der Waals surface area contributed by atoms with Crippen molar-refractivity contribution in [2.45, 2.75) is 44.4 Å². The summed E-state index contributed by atoms with van der Waals surface area (Å²) in [5.74, 6) is 4.46. The number of nitrogen functional groups attached to an aromatic ring is 1. The van der Waals surface area contributed by atoms with Crippen LogP contribution in [0.25, 0.3) is 0 Å². The lowest BCUT2D eigenvalue weighted by molar-refractivity contribution is 0.338. The van der Waals surface area contributed by atoms with Crippen molar-refractivity contribution >= 4 is 22.4 Å². The largest absolute Gasteiger partial charge is 0.383 e. The molecule has 0 spiro atoms. The molecule has 3 aliphatic carbocycles. The second-order valence-electron chi connectivity index (χ2n) is 6.88. The minimum absolute atomic E-state index is 0.705. The summed E-state index contributed by atoms with van der Waals surface area (Å²) < 4.78 is 4.40. The van der Waals surface area contributed by atoms with Gasteiger partial charge in [0.2, 0.25) is 0 Å². The minimum atomic E-state index is 0.705. The highest BCUT2D eigenvalue weighted by Crippen LogP contribution is 2.51. The predicted octanol–water partition coefficient (Wildman–Crippen LogP) is 3.48. The van der Waals surface area contributed by atoms with Crippen molar-refractivity contribution in [2.24, 2.45) is 17.8 Å². The first-order valence-electron chi connectivity index (χ1n) is 7.68. The minimum Gasteiger partial charge on any atom is -0.383 e. The third-order valence-electron chi connectivity index (χ3n) is 5.46. The van der Waals surface area contributed by atoms with E-state index in [0.29, 0.717) is 5.92 Å². The Labute approximate surface area is 119 Å². The standard InChI is InChI=1S/C15H23N3S/c1-18(8-12-7-9-2-3-11(12)6-9)15-13(10-4-5-10)14(16)17-19-15/h9-12H,2-8H2,1H3,(H2,16,17). The third kappa shape index (κ3) is 2.04. The summed E-state index contributed by atoms with van der Waals surface area (Å²) in [6, 6.07) is 0. The summed E-state index contributed by atoms with van der Waals surface area (Å²) in [5.41, 5.74) is 7.42. The van der Waals surface area contributed by atoms with Crippen LogP contribution in [0.15, 0.2) is 0 Å². The molecule has 1 aromatic rings. The smallest absolute Gasteiger partial charge is 0.142 e. The average molecular weight is 277 g/mol. The number of anilines is 2. The Morgan fingerprint density at radius 2 is 2.11 bits per heavy atom. The zero-order valence-electron chi connectivity index (χ0n) is 11.6. The van der Waals surface area contributed by atoms with Gasteiger partial charge in [-0.15, -0.1) is 0 Å². The summed E-state index contributed by atoms with van der Waals surface area (Å²) in [6.07, 6.45) is 8.53. The van der Waals surface area contributed by atoms with Crippen LogP contribution in [0, 0.1) is 17.8 Å². The number of rotatable bonds is 4. The molecule has 3 saturated carbocycles. The van der Waals surface area contributed by atoms with Gasteiger partial charge in [-0.2, -0.15) is 4.37 Å². The maximum absolute atomic E-state index is 6.06. The SMILES string of the molecule is CN(CC1CC2CCC1C2)c1snc(N)c1C1CC1. The molecule has 0 aliphatic heterocycles. The summed E-state index contributed by atoms with van der Waals surface area (Å²) in [5, 5.41) is 1.35. The Morgan fingerprint density at radius 1 is 1.26 bits per heavy atom. The molecule has 3 fully saturated rings. The summed E-state index contributed by atoms with van der Waals surface area (Å²) in [7, 11) is 2.24. The van der Waals surface area contributed by atoms with Crippen molar-refractivity contribution in [3.05, 3.63) is 5.56 Å². The van der Waals surface area contributed by atoms with Crippen LogP contribution in [0.5, 0.6) is 0 Å². The maximum Gasteiger partial charge on any atom is 0.142 e. The van der Waals surface area contributed by atoms with Gasteiger partial charge in [0.25, 0.3) is 0 Å². The van der Waals surface area contributed by atoms with Crippen LogP contribution < -0.4 is 10.6 Å². The van der Waals surface area contributed by atoms with Crippen LogP contribution in [0.3, 0.4) is 0 Å². The van der Waals surface area contributed by atoms with Crippen molar-refractivity contribution in [1.82, 2.24) is 4.37 Å². The van der Waals surface area contributed by atoms with Crippen molar-refractivity contribution in [1.29, 1.82) is 0 Å². The number of nitrogens with zero attached hydrogens (tertiary/aromatic N) is 2. The summed E-state index contributed by atoms with van der Waals surface area (Å²) >= 11 is 1.61. The molecule has 0 aromatic carbocycles. The lowest BCUT2D eigenvalue weighted by Gasteiger charge is -2.28. The number of fused-ring (bicyclic) bond motifs is 2. The first-order chi connectivity index (χ1) is 9.22. The van der Waals surface area contributed by atoms with E-state index in [1.807, 2.05) is 0 Å². The van der Waals surface area contributed by atoms with Crippen LogP contribution in [-0.2, 0) is 0 Å². The molecular weight excluding hydrogens is 254 g/mol. The first-order valence-corrected chi connectivity index (χ1v) is 8.46. The second-order valence-corrected chi connectivity index (χ2v) is 7.63. The Bertz CT molecular complexity index is 480. The van der Waals surface area contributed by atoms with E-state index in [1.54, 1.807) is 11.5 Å². The molecule has 104 valence electrons. The van der Waals surface area contributed by atoms with Crippen LogP contribution in [0.1, 0.15) is 50.0 Å². The summed E-state index contributed by atoms with van der Waals surface area (Å²) in [6.45, 7) is 1.21. The molecule has 19 heavy (non-hydrogen) atoms. The van der Waals surface area contributed by atoms with E-state index in [1.165, 1.54) is 55.6 Å². The molecule has 4 rings (SSSR count). The van der Waals surface area contributed by atoms with Gasteiger partial charge in [-0.3, -0.25) is 0 Å². The van der Waals surface area contributed by atoms with E-state index in [9.17, 15) is 0 Å². The normalized spacial score (nSPS) is 33.0. The highest BCUT2D eigenvalue weighted by Gasteiger charge is 2.40. The maximum atomic E-state index is 6.06. The molecule has 3 nitrogen and oxygen atoms in total. The van der Waals surface area contributed by atoms with Crippen LogP contribution >= 0.6 is 11.5 Å². The topological polar surface area (TPSA) is 42.2 Å². The molecule has 0 radical (unpaired) electrons. The molecule has 1 aromatic heterocycles. The van der Waals surface area contributed by atoms with E-state index in [4.69, 9.17) is 5.73 Å².